The van der Waals surface area contributed by atoms with Gasteiger partial charge in [-0.3, -0.25) is 46.8 Å². The molecule has 0 aliphatic carbocycles. The van der Waals surface area contributed by atoms with E-state index < -0.39 is 106 Å². The van der Waals surface area contributed by atoms with E-state index >= 15 is 0 Å². The number of carbonyl (C=O) groups is 5. The van der Waals surface area contributed by atoms with E-state index in [1.165, 1.54) is 0 Å². The van der Waals surface area contributed by atoms with Crippen molar-refractivity contribution >= 4 is 99.5 Å². The Bertz CT molecular complexity index is 5320. The van der Waals surface area contributed by atoms with Gasteiger partial charge in [0, 0.05) is 38.8 Å². The maximum atomic E-state index is 14.0. The van der Waals surface area contributed by atoms with Crippen molar-refractivity contribution in [1.29, 1.82) is 0 Å². The highest BCUT2D eigenvalue weighted by Crippen LogP contribution is 2.62. The van der Waals surface area contributed by atoms with Crippen LogP contribution in [0, 0.1) is 17.3 Å². The standard InChI is InChI=1S/2C25H29O4P.C22H32NO4P.C15H24NO4P.C14H22NO4P/c2*1-19(24(26)28-17-20-11-6-5-7-12-20)18-30(27,25(2,3)4)29-23-16-10-14-21-13-8-9-15-22(21)23;1-16(20(24)26-15-21(2,3)4)23-28(25,22(5,6)7)27-19-14-10-12-17-11-8-9-13-18(17)19;1-6-19-14(17)12(2)16-21(18,15(3,4)5)20-13-10-8-7-9-11-13;1-5-18-14(16)12(4)15-20(17,11(2)3)19-13-9-7-6-8-10-13/h2*5-16,19H,17-18H2,1-4H3;8-14,16H,15H2,1-7H3,(H,23,25);7-12H,6H2,1-5H3,(H,16,18);6-12H,5H2,1-4H3,(H,15,17)/t2*19-,30?;16-,28?;12-,21?;12-,20?/m10110/s1. The molecule has 28 heteroatoms. The predicted octanol–water partition coefficient (Wildman–Crippen LogP) is 25.9. The fraction of sp³-hybridized carbons (Fsp3) is 0.416. The fourth-order valence-corrected chi connectivity index (χ4v) is 21.6. The lowest BCUT2D eigenvalue weighted by Crippen LogP contribution is -2.40. The van der Waals surface area contributed by atoms with Crippen molar-refractivity contribution in [2.45, 2.75) is 224 Å². The Balaban J connectivity index is 0.000000251. The largest absolute Gasteiger partial charge is 0.465 e. The van der Waals surface area contributed by atoms with E-state index in [9.17, 15) is 46.8 Å². The van der Waals surface area contributed by atoms with Crippen LogP contribution in [0.3, 0.4) is 0 Å². The fourth-order valence-electron chi connectivity index (χ4n) is 11.9. The monoisotopic (exact) mass is 1870 g/mol. The molecule has 0 aromatic heterocycles. The average molecular weight is 1870 g/mol. The Kier molecular flexibility index (Phi) is 40.6. The molecule has 0 aliphatic heterocycles. The van der Waals surface area contributed by atoms with Crippen LogP contribution in [0.2, 0.25) is 0 Å². The van der Waals surface area contributed by atoms with Crippen molar-refractivity contribution in [2.24, 2.45) is 17.3 Å². The van der Waals surface area contributed by atoms with Gasteiger partial charge in [0.1, 0.15) is 60.1 Å². The Morgan fingerprint density at radius 3 is 0.907 bits per heavy atom. The highest BCUT2D eigenvalue weighted by atomic mass is 31.2. The van der Waals surface area contributed by atoms with E-state index in [0.717, 1.165) is 43.4 Å². The summed E-state index contributed by atoms with van der Waals surface area (Å²) >= 11 is 0. The van der Waals surface area contributed by atoms with Crippen LogP contribution >= 0.6 is 37.3 Å². The number of esters is 5. The number of carbonyl (C=O) groups excluding carboxylic acids is 5. The Hall–Kier alpha value is -9.64. The van der Waals surface area contributed by atoms with Gasteiger partial charge >= 0.3 is 52.4 Å². The molecule has 0 saturated carbocycles. The summed E-state index contributed by atoms with van der Waals surface area (Å²) in [5, 5.41) is 11.6. The number of hydrogen-bond donors (Lipinski definition) is 3. The van der Waals surface area contributed by atoms with Gasteiger partial charge in [0.15, 0.2) is 0 Å². The molecular weight excluding hydrogens is 1730 g/mol. The highest BCUT2D eigenvalue weighted by Gasteiger charge is 2.47. The second kappa shape index (κ2) is 48.5. The summed E-state index contributed by atoms with van der Waals surface area (Å²) < 4.78 is 124. The van der Waals surface area contributed by atoms with Crippen LogP contribution in [0.15, 0.2) is 249 Å². The second-order valence-electron chi connectivity index (χ2n) is 36.9. The van der Waals surface area contributed by atoms with Gasteiger partial charge in [-0.05, 0) is 151 Å². The lowest BCUT2D eigenvalue weighted by molar-refractivity contribution is -0.149. The van der Waals surface area contributed by atoms with Gasteiger partial charge in [0.2, 0.25) is 0 Å². The number of fused-ring (bicyclic) bond motifs is 3. The van der Waals surface area contributed by atoms with E-state index in [1.807, 2.05) is 298 Å². The molecule has 129 heavy (non-hydrogen) atoms. The van der Waals surface area contributed by atoms with E-state index in [0.29, 0.717) is 35.4 Å². The molecule has 0 spiro atoms. The molecule has 5 unspecified atom stereocenters. The SMILES string of the molecule is CCOC(=O)[C@@H](C)NP(=O)(Oc1ccccc1)C(C)(C)C.CCOC(=O)[C@H](C)NP(=O)(Oc1ccccc1)C(C)C.C[C@@H](CP(=O)(Oc1cccc2ccccc12)C(C)(C)C)C(=O)OCc1ccccc1.C[C@@H](NP(=O)(Oc1cccc2ccccc12)C(C)(C)C)C(=O)OCC(C)(C)C.C[C@H](CP(=O)(Oc1cccc2ccccc12)C(C)(C)C)C(=O)OCc1ccccc1. The lowest BCUT2D eigenvalue weighted by Gasteiger charge is -2.33. The molecule has 0 amide bonds. The molecular formula is C101H136N3O20P5. The molecule has 10 aromatic rings. The third-order valence-electron chi connectivity index (χ3n) is 20.1. The third kappa shape index (κ3) is 33.3. The summed E-state index contributed by atoms with van der Waals surface area (Å²) in [5.41, 5.74) is 1.44. The third-order valence-corrected chi connectivity index (χ3v) is 35.7. The van der Waals surface area contributed by atoms with Crippen LogP contribution in [0.1, 0.15) is 177 Å². The second-order valence-corrected chi connectivity index (χ2v) is 51.8. The first-order valence-corrected chi connectivity index (χ1v) is 52.1. The minimum absolute atomic E-state index is 0.118. The molecule has 23 nitrogen and oxygen atoms in total. The molecule has 700 valence electrons. The van der Waals surface area contributed by atoms with E-state index in [2.05, 4.69) is 15.3 Å². The molecule has 10 rings (SSSR count). The maximum Gasteiger partial charge on any atom is 0.323 e. The number of rotatable bonds is 33. The normalized spacial score (nSPS) is 15.2. The van der Waals surface area contributed by atoms with Gasteiger partial charge in [-0.25, -0.2) is 15.3 Å². The van der Waals surface area contributed by atoms with Crippen LogP contribution in [-0.2, 0) is 83.7 Å². The summed E-state index contributed by atoms with van der Waals surface area (Å²) in [5.74, 6) is -0.472. The molecule has 3 N–H and O–H groups in total. The molecule has 10 atom stereocenters. The van der Waals surface area contributed by atoms with Crippen LogP contribution in [0.4, 0.5) is 0 Å². The van der Waals surface area contributed by atoms with Crippen molar-refractivity contribution in [3.8, 4) is 28.7 Å². The summed E-state index contributed by atoms with van der Waals surface area (Å²) in [6.45, 7) is 44.9. The minimum atomic E-state index is -3.45. The van der Waals surface area contributed by atoms with Gasteiger partial charge in [0.05, 0.1) is 47.6 Å². The molecule has 0 saturated heterocycles. The van der Waals surface area contributed by atoms with Gasteiger partial charge in [-0.1, -0.05) is 296 Å². The van der Waals surface area contributed by atoms with Crippen LogP contribution in [-0.4, -0.2) is 106 Å². The van der Waals surface area contributed by atoms with Crippen molar-refractivity contribution in [2.75, 3.05) is 32.1 Å². The lowest BCUT2D eigenvalue weighted by atomic mass is 9.99. The van der Waals surface area contributed by atoms with Crippen LogP contribution in [0.25, 0.3) is 32.3 Å². The first-order chi connectivity index (χ1) is 60.3. The number of nitrogens with one attached hydrogen (secondary N) is 3. The quantitative estimate of drug-likeness (QED) is 0.0196. The van der Waals surface area contributed by atoms with Gasteiger partial charge < -0.3 is 46.3 Å². The molecule has 0 radical (unpaired) electrons. The van der Waals surface area contributed by atoms with E-state index in [1.54, 1.807) is 117 Å². The predicted molar refractivity (Wildman–Crippen MR) is 522 cm³/mol. The first-order valence-electron chi connectivity index (χ1n) is 43.5. The summed E-state index contributed by atoms with van der Waals surface area (Å²) in [4.78, 5) is 60.9. The Morgan fingerprint density at radius 1 is 0.302 bits per heavy atom. The van der Waals surface area contributed by atoms with E-state index in [-0.39, 0.29) is 61.8 Å². The van der Waals surface area contributed by atoms with Crippen molar-refractivity contribution in [1.82, 2.24) is 15.3 Å². The van der Waals surface area contributed by atoms with Crippen molar-refractivity contribution < 1.29 is 93.1 Å². The number of benzene rings is 10. The maximum absolute atomic E-state index is 14.0. The molecule has 0 aliphatic rings. The van der Waals surface area contributed by atoms with Crippen LogP contribution in [0.5, 0.6) is 28.7 Å². The zero-order valence-corrected chi connectivity index (χ0v) is 84.0. The molecule has 0 heterocycles. The van der Waals surface area contributed by atoms with Crippen molar-refractivity contribution in [3.63, 3.8) is 0 Å². The zero-order chi connectivity index (χ0) is 96.0. The minimum Gasteiger partial charge on any atom is -0.465 e. The number of para-hydroxylation sites is 2. The Morgan fingerprint density at radius 2 is 0.589 bits per heavy atom. The van der Waals surface area contributed by atoms with Gasteiger partial charge in [-0.15, -0.1) is 0 Å². The topological polar surface area (TPSA) is 299 Å². The van der Waals surface area contributed by atoms with Gasteiger partial charge in [0.25, 0.3) is 14.7 Å². The average Bonchev–Trinajstić information content (AvgIpc) is 0.787. The zero-order valence-electron chi connectivity index (χ0n) is 79.5. The van der Waals surface area contributed by atoms with Crippen molar-refractivity contribution in [3.05, 3.63) is 260 Å². The summed E-state index contributed by atoms with van der Waals surface area (Å²) in [6, 6.07) is 75.2. The molecule has 0 bridgehead atoms. The van der Waals surface area contributed by atoms with Gasteiger partial charge in [-0.2, -0.15) is 0 Å². The summed E-state index contributed by atoms with van der Waals surface area (Å²) in [7, 11) is -16.4. The molecule has 0 fully saturated rings. The number of ether oxygens (including phenoxy) is 5. The highest BCUT2D eigenvalue weighted by molar-refractivity contribution is 7.61. The van der Waals surface area contributed by atoms with Crippen LogP contribution < -0.4 is 37.9 Å². The number of hydrogen-bond acceptors (Lipinski definition) is 20. The first kappa shape index (κ1) is 108. The summed E-state index contributed by atoms with van der Waals surface area (Å²) in [6.07, 6.45) is 0.237. The smallest absolute Gasteiger partial charge is 0.323 e. The van der Waals surface area contributed by atoms with E-state index in [4.69, 9.17) is 46.3 Å². The molecule has 10 aromatic carbocycles. The Labute approximate surface area is 765 Å².